The maximum absolute atomic E-state index is 13.5. The lowest BCUT2D eigenvalue weighted by molar-refractivity contribution is 0.628. The zero-order chi connectivity index (χ0) is 18.3. The van der Waals surface area contributed by atoms with Gasteiger partial charge in [0.2, 0.25) is 0 Å². The van der Waals surface area contributed by atoms with Crippen LogP contribution in [0.1, 0.15) is 17.1 Å². The van der Waals surface area contributed by atoms with Gasteiger partial charge in [0.05, 0.1) is 5.52 Å². The molecule has 0 bridgehead atoms. The van der Waals surface area contributed by atoms with Crippen LogP contribution in [0.25, 0.3) is 10.9 Å². The Bertz CT molecular complexity index is 966. The molecule has 0 atom stereocenters. The molecule has 1 aromatic carbocycles. The summed E-state index contributed by atoms with van der Waals surface area (Å²) < 4.78 is 13.5. The molecule has 0 N–H and O–H groups in total. The van der Waals surface area contributed by atoms with Gasteiger partial charge in [-0.25, -0.2) is 24.3 Å². The summed E-state index contributed by atoms with van der Waals surface area (Å²) in [5.74, 6) is 2.40. The van der Waals surface area contributed by atoms with Crippen LogP contribution in [0, 0.1) is 26.6 Å². The summed E-state index contributed by atoms with van der Waals surface area (Å²) in [5.41, 5.74) is 2.79. The minimum atomic E-state index is -0.281. The van der Waals surface area contributed by atoms with Gasteiger partial charge in [0.1, 0.15) is 29.6 Å². The lowest BCUT2D eigenvalue weighted by Gasteiger charge is -2.37. The fourth-order valence-corrected chi connectivity index (χ4v) is 3.46. The van der Waals surface area contributed by atoms with Crippen LogP contribution in [-0.4, -0.2) is 46.1 Å². The first-order valence-electron chi connectivity index (χ1n) is 8.75. The summed E-state index contributed by atoms with van der Waals surface area (Å²) in [4.78, 5) is 22.3. The Balaban J connectivity index is 1.58. The average Bonchev–Trinajstić information content (AvgIpc) is 2.64. The summed E-state index contributed by atoms with van der Waals surface area (Å²) in [6.45, 7) is 9.38. The normalized spacial score (nSPS) is 14.9. The van der Waals surface area contributed by atoms with E-state index in [1.165, 1.54) is 18.5 Å². The van der Waals surface area contributed by atoms with Gasteiger partial charge in [-0.05, 0) is 32.9 Å². The minimum absolute atomic E-state index is 0.281. The average molecular weight is 352 g/mol. The van der Waals surface area contributed by atoms with Gasteiger partial charge in [0, 0.05) is 48.9 Å². The number of halogens is 1. The van der Waals surface area contributed by atoms with Gasteiger partial charge in [-0.15, -0.1) is 0 Å². The number of nitrogens with zero attached hydrogens (tertiary/aromatic N) is 6. The molecule has 6 nitrogen and oxygen atoms in total. The van der Waals surface area contributed by atoms with E-state index in [2.05, 4.69) is 36.7 Å². The molecule has 3 aromatic rings. The molecule has 7 heteroatoms. The summed E-state index contributed by atoms with van der Waals surface area (Å²) in [6, 6.07) is 4.67. The second-order valence-electron chi connectivity index (χ2n) is 6.64. The van der Waals surface area contributed by atoms with Crippen LogP contribution in [0.15, 0.2) is 24.5 Å². The summed E-state index contributed by atoms with van der Waals surface area (Å²) >= 11 is 0. The Kier molecular flexibility index (Phi) is 4.14. The molecule has 0 aliphatic carbocycles. The van der Waals surface area contributed by atoms with E-state index in [9.17, 15) is 4.39 Å². The summed E-state index contributed by atoms with van der Waals surface area (Å²) in [6.07, 6.45) is 1.50. The van der Waals surface area contributed by atoms with Crippen LogP contribution in [0.4, 0.5) is 16.0 Å². The first kappa shape index (κ1) is 16.6. The standard InChI is InChI=1S/C19H21FN6/c1-12-13(2)23-14(3)24-18(12)25-6-8-26(9-7-25)19-16-5-4-15(20)10-17(16)21-11-22-19/h4-5,10-11H,6-9H2,1-3H3. The highest BCUT2D eigenvalue weighted by atomic mass is 19.1. The third-order valence-corrected chi connectivity index (χ3v) is 4.93. The Morgan fingerprint density at radius 1 is 0.885 bits per heavy atom. The SMILES string of the molecule is Cc1nc(C)c(C)c(N2CCN(c3ncnc4cc(F)ccc34)CC2)n1. The Morgan fingerprint density at radius 2 is 1.58 bits per heavy atom. The van der Waals surface area contributed by atoms with E-state index in [0.29, 0.717) is 5.52 Å². The predicted molar refractivity (Wildman–Crippen MR) is 100 cm³/mol. The third-order valence-electron chi connectivity index (χ3n) is 4.93. The molecule has 1 fully saturated rings. The number of aryl methyl sites for hydroxylation is 2. The molecule has 0 saturated carbocycles. The molecule has 0 unspecified atom stereocenters. The Labute approximate surface area is 151 Å². The summed E-state index contributed by atoms with van der Waals surface area (Å²) in [7, 11) is 0. The van der Waals surface area contributed by atoms with Gasteiger partial charge >= 0.3 is 0 Å². The van der Waals surface area contributed by atoms with Gasteiger partial charge in [-0.1, -0.05) is 0 Å². The van der Waals surface area contributed by atoms with Gasteiger partial charge < -0.3 is 9.80 Å². The second kappa shape index (κ2) is 6.48. The number of benzene rings is 1. The molecular weight excluding hydrogens is 331 g/mol. The van der Waals surface area contributed by atoms with E-state index >= 15 is 0 Å². The molecule has 2 aromatic heterocycles. The number of fused-ring (bicyclic) bond motifs is 1. The Hall–Kier alpha value is -2.83. The van der Waals surface area contributed by atoms with E-state index < -0.39 is 0 Å². The highest BCUT2D eigenvalue weighted by Gasteiger charge is 2.22. The molecule has 1 aliphatic heterocycles. The quantitative estimate of drug-likeness (QED) is 0.707. The molecule has 1 saturated heterocycles. The topological polar surface area (TPSA) is 58.0 Å². The molecular formula is C19H21FN6. The number of piperazine rings is 1. The van der Waals surface area contributed by atoms with E-state index in [4.69, 9.17) is 0 Å². The van der Waals surface area contributed by atoms with Crippen LogP contribution in [-0.2, 0) is 0 Å². The highest BCUT2D eigenvalue weighted by Crippen LogP contribution is 2.26. The van der Waals surface area contributed by atoms with Crippen LogP contribution >= 0.6 is 0 Å². The van der Waals surface area contributed by atoms with Gasteiger partial charge in [-0.3, -0.25) is 0 Å². The largest absolute Gasteiger partial charge is 0.353 e. The van der Waals surface area contributed by atoms with Crippen LogP contribution in [0.2, 0.25) is 0 Å². The van der Waals surface area contributed by atoms with Gasteiger partial charge in [-0.2, -0.15) is 0 Å². The Morgan fingerprint density at radius 3 is 2.31 bits per heavy atom. The monoisotopic (exact) mass is 352 g/mol. The maximum atomic E-state index is 13.5. The molecule has 26 heavy (non-hydrogen) atoms. The van der Waals surface area contributed by atoms with Crippen molar-refractivity contribution >= 4 is 22.5 Å². The van der Waals surface area contributed by atoms with Crippen molar-refractivity contribution in [3.8, 4) is 0 Å². The molecule has 134 valence electrons. The zero-order valence-corrected chi connectivity index (χ0v) is 15.2. The van der Waals surface area contributed by atoms with E-state index in [0.717, 1.165) is 60.3 Å². The van der Waals surface area contributed by atoms with Crippen molar-refractivity contribution in [1.29, 1.82) is 0 Å². The van der Waals surface area contributed by atoms with E-state index in [1.807, 2.05) is 13.8 Å². The fourth-order valence-electron chi connectivity index (χ4n) is 3.46. The van der Waals surface area contributed by atoms with E-state index in [-0.39, 0.29) is 5.82 Å². The zero-order valence-electron chi connectivity index (χ0n) is 15.2. The predicted octanol–water partition coefficient (Wildman–Crippen LogP) is 2.81. The van der Waals surface area contributed by atoms with Crippen molar-refractivity contribution in [3.63, 3.8) is 0 Å². The number of hydrogen-bond donors (Lipinski definition) is 0. The number of aromatic nitrogens is 4. The first-order valence-corrected chi connectivity index (χ1v) is 8.75. The fraction of sp³-hybridized carbons (Fsp3) is 0.368. The minimum Gasteiger partial charge on any atom is -0.353 e. The molecule has 0 radical (unpaired) electrons. The lowest BCUT2D eigenvalue weighted by atomic mass is 10.2. The number of anilines is 2. The van der Waals surface area contributed by atoms with Crippen molar-refractivity contribution in [2.24, 2.45) is 0 Å². The van der Waals surface area contributed by atoms with Crippen LogP contribution < -0.4 is 9.80 Å². The molecule has 1 aliphatic rings. The number of rotatable bonds is 2. The van der Waals surface area contributed by atoms with Crippen LogP contribution in [0.5, 0.6) is 0 Å². The third kappa shape index (κ3) is 2.94. The number of hydrogen-bond acceptors (Lipinski definition) is 6. The summed E-state index contributed by atoms with van der Waals surface area (Å²) in [5, 5.41) is 0.882. The van der Waals surface area contributed by atoms with Crippen molar-refractivity contribution in [3.05, 3.63) is 47.4 Å². The lowest BCUT2D eigenvalue weighted by Crippen LogP contribution is -2.47. The maximum Gasteiger partial charge on any atom is 0.140 e. The molecule has 0 spiro atoms. The second-order valence-corrected chi connectivity index (χ2v) is 6.64. The molecule has 4 rings (SSSR count). The highest BCUT2D eigenvalue weighted by molar-refractivity contribution is 5.89. The van der Waals surface area contributed by atoms with E-state index in [1.54, 1.807) is 6.07 Å². The van der Waals surface area contributed by atoms with Gasteiger partial charge in [0.25, 0.3) is 0 Å². The van der Waals surface area contributed by atoms with Crippen molar-refractivity contribution in [1.82, 2.24) is 19.9 Å². The van der Waals surface area contributed by atoms with Crippen molar-refractivity contribution in [2.75, 3.05) is 36.0 Å². The van der Waals surface area contributed by atoms with Crippen molar-refractivity contribution in [2.45, 2.75) is 20.8 Å². The molecule has 3 heterocycles. The first-order chi connectivity index (χ1) is 12.5. The molecule has 0 amide bonds. The van der Waals surface area contributed by atoms with Gasteiger partial charge in [0.15, 0.2) is 0 Å². The van der Waals surface area contributed by atoms with Crippen molar-refractivity contribution < 1.29 is 4.39 Å². The smallest absolute Gasteiger partial charge is 0.140 e. The van der Waals surface area contributed by atoms with Crippen LogP contribution in [0.3, 0.4) is 0 Å².